The lowest BCUT2D eigenvalue weighted by atomic mass is 9.80. The van der Waals surface area contributed by atoms with Crippen molar-refractivity contribution in [2.24, 2.45) is 0 Å². The van der Waals surface area contributed by atoms with E-state index in [4.69, 9.17) is 14.2 Å². The van der Waals surface area contributed by atoms with E-state index in [9.17, 15) is 0 Å². The fourth-order valence-electron chi connectivity index (χ4n) is 4.88. The van der Waals surface area contributed by atoms with Crippen LogP contribution in [0.1, 0.15) is 42.0 Å². The van der Waals surface area contributed by atoms with Gasteiger partial charge in [0.25, 0.3) is 0 Å². The van der Waals surface area contributed by atoms with Gasteiger partial charge in [-0.25, -0.2) is 0 Å². The molecule has 1 unspecified atom stereocenters. The van der Waals surface area contributed by atoms with E-state index in [0.29, 0.717) is 6.61 Å². The standard InChI is InChI=1S/C30H26O3/c1-3-4-18-31-22-13-15-28-26(19-22)30(25-10-5-6-11-27(25)32-28)17-16-21-12-14-23-20(2)8-7-9-24(23)29(21)33-30/h5-17,19H,3-4,18H2,1-2H3. The Balaban J connectivity index is 1.56. The summed E-state index contributed by atoms with van der Waals surface area (Å²) in [5.74, 6) is 3.34. The molecular formula is C30H26O3. The minimum atomic E-state index is -0.792. The van der Waals surface area contributed by atoms with Crippen molar-refractivity contribution >= 4 is 16.8 Å². The summed E-state index contributed by atoms with van der Waals surface area (Å²) in [7, 11) is 0. The highest BCUT2D eigenvalue weighted by Gasteiger charge is 2.45. The van der Waals surface area contributed by atoms with Gasteiger partial charge in [-0.1, -0.05) is 68.0 Å². The van der Waals surface area contributed by atoms with Crippen molar-refractivity contribution < 1.29 is 14.2 Å². The average Bonchev–Trinajstić information content (AvgIpc) is 2.85. The van der Waals surface area contributed by atoms with Gasteiger partial charge >= 0.3 is 0 Å². The maximum absolute atomic E-state index is 7.04. The predicted octanol–water partition coefficient (Wildman–Crippen LogP) is 7.78. The summed E-state index contributed by atoms with van der Waals surface area (Å²) in [6, 6.07) is 24.9. The van der Waals surface area contributed by atoms with Crippen LogP contribution in [-0.2, 0) is 5.60 Å². The Hall–Kier alpha value is -3.72. The Morgan fingerprint density at radius 2 is 1.73 bits per heavy atom. The van der Waals surface area contributed by atoms with E-state index in [1.807, 2.05) is 30.3 Å². The number of unbranched alkanes of at least 4 members (excludes halogenated alkanes) is 1. The molecule has 6 rings (SSSR count). The van der Waals surface area contributed by atoms with Crippen LogP contribution < -0.4 is 14.2 Å². The van der Waals surface area contributed by atoms with Crippen molar-refractivity contribution in [1.82, 2.24) is 0 Å². The zero-order valence-electron chi connectivity index (χ0n) is 18.9. The first-order valence-electron chi connectivity index (χ1n) is 11.6. The number of ether oxygens (including phenoxy) is 3. The van der Waals surface area contributed by atoms with E-state index < -0.39 is 5.60 Å². The molecule has 0 aliphatic carbocycles. The maximum atomic E-state index is 7.04. The lowest BCUT2D eigenvalue weighted by Crippen LogP contribution is -2.37. The normalized spacial score (nSPS) is 17.6. The molecule has 4 aromatic carbocycles. The van der Waals surface area contributed by atoms with Crippen molar-refractivity contribution in [2.45, 2.75) is 32.3 Å². The number of hydrogen-bond donors (Lipinski definition) is 0. The van der Waals surface area contributed by atoms with Crippen LogP contribution in [0, 0.1) is 6.92 Å². The van der Waals surface area contributed by atoms with Crippen LogP contribution in [0.3, 0.4) is 0 Å². The molecule has 0 aromatic heterocycles. The van der Waals surface area contributed by atoms with Crippen molar-refractivity contribution in [1.29, 1.82) is 0 Å². The minimum absolute atomic E-state index is 0.698. The SMILES string of the molecule is CCCCOc1ccc2c(c1)C1(C=Cc3ccc4c(C)cccc4c3O1)c1ccccc1O2. The molecule has 0 radical (unpaired) electrons. The van der Waals surface area contributed by atoms with Gasteiger partial charge in [-0.15, -0.1) is 0 Å². The van der Waals surface area contributed by atoms with Gasteiger partial charge in [0.05, 0.1) is 12.2 Å². The third-order valence-corrected chi connectivity index (χ3v) is 6.65. The van der Waals surface area contributed by atoms with Gasteiger partial charge in [-0.3, -0.25) is 0 Å². The van der Waals surface area contributed by atoms with Crippen LogP contribution in [0.4, 0.5) is 0 Å². The molecule has 2 aliphatic rings. The molecule has 164 valence electrons. The maximum Gasteiger partial charge on any atom is 0.185 e. The van der Waals surface area contributed by atoms with Gasteiger partial charge < -0.3 is 14.2 Å². The highest BCUT2D eigenvalue weighted by molar-refractivity contribution is 5.94. The highest BCUT2D eigenvalue weighted by atomic mass is 16.5. The van der Waals surface area contributed by atoms with Gasteiger partial charge in [0.15, 0.2) is 5.60 Å². The molecular weight excluding hydrogens is 408 g/mol. The molecule has 0 N–H and O–H groups in total. The number of hydrogen-bond acceptors (Lipinski definition) is 3. The first-order chi connectivity index (χ1) is 16.2. The van der Waals surface area contributed by atoms with Gasteiger partial charge in [0.1, 0.15) is 23.0 Å². The summed E-state index contributed by atoms with van der Waals surface area (Å²) in [5, 5.41) is 2.33. The topological polar surface area (TPSA) is 27.7 Å². The van der Waals surface area contributed by atoms with E-state index in [1.54, 1.807) is 0 Å². The van der Waals surface area contributed by atoms with Gasteiger partial charge in [-0.2, -0.15) is 0 Å². The smallest absolute Gasteiger partial charge is 0.185 e. The van der Waals surface area contributed by atoms with E-state index >= 15 is 0 Å². The Labute approximate surface area is 194 Å². The molecule has 4 aromatic rings. The van der Waals surface area contributed by atoms with Crippen molar-refractivity contribution in [3.8, 4) is 23.0 Å². The van der Waals surface area contributed by atoms with E-state index in [0.717, 1.165) is 57.9 Å². The molecule has 2 heterocycles. The second kappa shape index (κ2) is 7.70. The van der Waals surface area contributed by atoms with Gasteiger partial charge in [0.2, 0.25) is 0 Å². The fraction of sp³-hybridized carbons (Fsp3) is 0.200. The summed E-state index contributed by atoms with van der Waals surface area (Å²) in [5.41, 5.74) is 3.48. The van der Waals surface area contributed by atoms with Crippen LogP contribution in [0.2, 0.25) is 0 Å². The molecule has 0 saturated carbocycles. The molecule has 0 fully saturated rings. The average molecular weight is 435 g/mol. The Morgan fingerprint density at radius 1 is 0.848 bits per heavy atom. The van der Waals surface area contributed by atoms with Gasteiger partial charge in [0, 0.05) is 16.5 Å². The van der Waals surface area contributed by atoms with Crippen LogP contribution in [0.25, 0.3) is 16.8 Å². The molecule has 0 bridgehead atoms. The first-order valence-corrected chi connectivity index (χ1v) is 11.6. The van der Waals surface area contributed by atoms with Crippen LogP contribution in [-0.4, -0.2) is 6.61 Å². The molecule has 3 heteroatoms. The molecule has 1 spiro atoms. The second-order valence-electron chi connectivity index (χ2n) is 8.78. The van der Waals surface area contributed by atoms with E-state index in [2.05, 4.69) is 68.5 Å². The highest BCUT2D eigenvalue weighted by Crippen LogP contribution is 2.53. The van der Waals surface area contributed by atoms with Crippen LogP contribution in [0.5, 0.6) is 23.0 Å². The summed E-state index contributed by atoms with van der Waals surface area (Å²) in [6.45, 7) is 5.01. The lowest BCUT2D eigenvalue weighted by Gasteiger charge is -2.40. The van der Waals surface area contributed by atoms with Crippen LogP contribution >= 0.6 is 0 Å². The zero-order valence-corrected chi connectivity index (χ0v) is 18.9. The lowest BCUT2D eigenvalue weighted by molar-refractivity contribution is 0.148. The Kier molecular flexibility index (Phi) is 4.65. The second-order valence-corrected chi connectivity index (χ2v) is 8.78. The summed E-state index contributed by atoms with van der Waals surface area (Å²) in [6.07, 6.45) is 6.46. The van der Waals surface area contributed by atoms with Crippen molar-refractivity contribution in [3.63, 3.8) is 0 Å². The Morgan fingerprint density at radius 3 is 2.64 bits per heavy atom. The van der Waals surface area contributed by atoms with Crippen molar-refractivity contribution in [3.05, 3.63) is 101 Å². The number of fused-ring (bicyclic) bond motifs is 7. The number of benzene rings is 4. The molecule has 0 amide bonds. The minimum Gasteiger partial charge on any atom is -0.494 e. The van der Waals surface area contributed by atoms with Gasteiger partial charge in [-0.05, 0) is 54.6 Å². The third-order valence-electron chi connectivity index (χ3n) is 6.65. The first kappa shape index (κ1) is 19.9. The van der Waals surface area contributed by atoms with E-state index in [1.165, 1.54) is 10.9 Å². The number of para-hydroxylation sites is 1. The summed E-state index contributed by atoms with van der Waals surface area (Å²) < 4.78 is 19.4. The molecule has 2 aliphatic heterocycles. The molecule has 0 saturated heterocycles. The Bertz CT molecular complexity index is 1400. The number of aryl methyl sites for hydroxylation is 1. The predicted molar refractivity (Wildman–Crippen MR) is 132 cm³/mol. The van der Waals surface area contributed by atoms with Crippen LogP contribution in [0.15, 0.2) is 78.9 Å². The van der Waals surface area contributed by atoms with Crippen molar-refractivity contribution in [2.75, 3.05) is 6.61 Å². The zero-order chi connectivity index (χ0) is 22.4. The monoisotopic (exact) mass is 434 g/mol. The summed E-state index contributed by atoms with van der Waals surface area (Å²) >= 11 is 0. The quantitative estimate of drug-likeness (QED) is 0.307. The van der Waals surface area contributed by atoms with E-state index in [-0.39, 0.29) is 0 Å². The third kappa shape index (κ3) is 3.11. The number of rotatable bonds is 4. The largest absolute Gasteiger partial charge is 0.494 e. The molecule has 3 nitrogen and oxygen atoms in total. The molecule has 33 heavy (non-hydrogen) atoms. The summed E-state index contributed by atoms with van der Waals surface area (Å²) in [4.78, 5) is 0. The fourth-order valence-corrected chi connectivity index (χ4v) is 4.88. The molecule has 1 atom stereocenters.